The number of imidazole rings is 1. The molecule has 1 saturated carbocycles. The fourth-order valence-electron chi connectivity index (χ4n) is 2.57. The van der Waals surface area contributed by atoms with E-state index in [0.717, 1.165) is 12.2 Å². The molecule has 1 aromatic rings. The average molecular weight is 301 g/mol. The first-order valence-corrected chi connectivity index (χ1v) is 8.14. The Balaban J connectivity index is 1.93. The summed E-state index contributed by atoms with van der Waals surface area (Å²) in [5.74, 6) is -0.270. The summed E-state index contributed by atoms with van der Waals surface area (Å²) in [6.07, 6.45) is 5.58. The van der Waals surface area contributed by atoms with E-state index in [1.165, 1.54) is 7.11 Å². The third-order valence-electron chi connectivity index (χ3n) is 3.57. The van der Waals surface area contributed by atoms with Gasteiger partial charge in [0, 0.05) is 25.4 Å². The number of H-pyrrole nitrogens is 1. The molecule has 0 radical (unpaired) electrons. The molecule has 1 aliphatic rings. The molecule has 0 amide bonds. The van der Waals surface area contributed by atoms with Gasteiger partial charge in [-0.3, -0.25) is 4.79 Å². The molecule has 1 heterocycles. The van der Waals surface area contributed by atoms with Gasteiger partial charge in [-0.15, -0.1) is 0 Å². The van der Waals surface area contributed by atoms with Gasteiger partial charge in [-0.1, -0.05) is 6.42 Å². The summed E-state index contributed by atoms with van der Waals surface area (Å²) in [5.41, 5.74) is 0. The van der Waals surface area contributed by atoms with Crippen molar-refractivity contribution in [2.75, 3.05) is 13.7 Å². The number of hydrogen-bond acceptors (Lipinski definition) is 5. The van der Waals surface area contributed by atoms with Crippen LogP contribution in [0.2, 0.25) is 0 Å². The quantitative estimate of drug-likeness (QED) is 0.732. The molecule has 7 nitrogen and oxygen atoms in total. The minimum atomic E-state index is -3.51. The van der Waals surface area contributed by atoms with Crippen LogP contribution in [0.1, 0.15) is 25.1 Å². The smallest absolute Gasteiger partial charge is 0.310 e. The predicted octanol–water partition coefficient (Wildman–Crippen LogP) is 0.213. The summed E-state index contributed by atoms with van der Waals surface area (Å²) in [5, 5.41) is -0.688. The molecule has 2 unspecified atom stereocenters. The molecule has 0 bridgehead atoms. The maximum Gasteiger partial charge on any atom is 0.310 e. The van der Waals surface area contributed by atoms with E-state index in [-0.39, 0.29) is 6.54 Å². The Morgan fingerprint density at radius 1 is 1.55 bits per heavy atom. The number of rotatable bonds is 6. The molecule has 2 rings (SSSR count). The number of ether oxygens (including phenoxy) is 1. The van der Waals surface area contributed by atoms with Gasteiger partial charge in [0.2, 0.25) is 10.0 Å². The Morgan fingerprint density at radius 3 is 3.00 bits per heavy atom. The third-order valence-corrected chi connectivity index (χ3v) is 5.54. The lowest BCUT2D eigenvalue weighted by Crippen LogP contribution is -2.40. The van der Waals surface area contributed by atoms with Crippen LogP contribution in [0.4, 0.5) is 0 Å². The Kier molecular flexibility index (Phi) is 4.77. The van der Waals surface area contributed by atoms with E-state index in [1.54, 1.807) is 12.4 Å². The molecule has 1 fully saturated rings. The summed E-state index contributed by atoms with van der Waals surface area (Å²) in [6.45, 7) is 0.264. The van der Waals surface area contributed by atoms with Crippen LogP contribution < -0.4 is 4.72 Å². The SMILES string of the molecule is COC(=O)C1CCCC1S(=O)(=O)NCCc1ncc[nH]1. The van der Waals surface area contributed by atoms with E-state index in [9.17, 15) is 13.2 Å². The van der Waals surface area contributed by atoms with Crippen LogP contribution in [0.5, 0.6) is 0 Å². The molecule has 20 heavy (non-hydrogen) atoms. The van der Waals surface area contributed by atoms with Gasteiger partial charge in [0.15, 0.2) is 0 Å². The van der Waals surface area contributed by atoms with E-state index < -0.39 is 27.2 Å². The number of nitrogens with one attached hydrogen (secondary N) is 2. The van der Waals surface area contributed by atoms with Crippen molar-refractivity contribution in [1.29, 1.82) is 0 Å². The van der Waals surface area contributed by atoms with Crippen molar-refractivity contribution >= 4 is 16.0 Å². The standard InChI is InChI=1S/C12H19N3O4S/c1-19-12(16)9-3-2-4-10(9)20(17,18)15-6-5-11-13-7-8-14-11/h7-10,15H,2-6H2,1H3,(H,13,14). The monoisotopic (exact) mass is 301 g/mol. The summed E-state index contributed by atoms with van der Waals surface area (Å²) < 4.78 is 31.7. The fraction of sp³-hybridized carbons (Fsp3) is 0.667. The fourth-order valence-corrected chi connectivity index (χ4v) is 4.33. The lowest BCUT2D eigenvalue weighted by Gasteiger charge is -2.18. The van der Waals surface area contributed by atoms with Gasteiger partial charge < -0.3 is 9.72 Å². The van der Waals surface area contributed by atoms with E-state index in [1.807, 2.05) is 0 Å². The molecule has 112 valence electrons. The molecule has 0 spiro atoms. The third kappa shape index (κ3) is 3.37. The van der Waals surface area contributed by atoms with Crippen molar-refractivity contribution in [3.63, 3.8) is 0 Å². The lowest BCUT2D eigenvalue weighted by atomic mass is 10.1. The molecule has 2 N–H and O–H groups in total. The summed E-state index contributed by atoms with van der Waals surface area (Å²) in [4.78, 5) is 18.5. The first-order chi connectivity index (χ1) is 9.54. The number of methoxy groups -OCH3 is 1. The Labute approximate surface area is 118 Å². The maximum atomic E-state index is 12.2. The van der Waals surface area contributed by atoms with Crippen LogP contribution in [0, 0.1) is 5.92 Å². The average Bonchev–Trinajstić information content (AvgIpc) is 3.08. The van der Waals surface area contributed by atoms with E-state index in [2.05, 4.69) is 19.4 Å². The van der Waals surface area contributed by atoms with Crippen LogP contribution in [0.25, 0.3) is 0 Å². The first-order valence-electron chi connectivity index (χ1n) is 6.59. The summed E-state index contributed by atoms with van der Waals surface area (Å²) in [6, 6.07) is 0. The molecular formula is C12H19N3O4S. The van der Waals surface area contributed by atoms with Gasteiger partial charge in [-0.2, -0.15) is 0 Å². The van der Waals surface area contributed by atoms with E-state index in [0.29, 0.717) is 19.3 Å². The second kappa shape index (κ2) is 6.36. The van der Waals surface area contributed by atoms with Crippen LogP contribution in [0.15, 0.2) is 12.4 Å². The first kappa shape index (κ1) is 15.0. The van der Waals surface area contributed by atoms with Gasteiger partial charge in [-0.05, 0) is 12.8 Å². The van der Waals surface area contributed by atoms with Crippen LogP contribution in [0.3, 0.4) is 0 Å². The van der Waals surface area contributed by atoms with Crippen molar-refractivity contribution in [2.45, 2.75) is 30.9 Å². The second-order valence-corrected chi connectivity index (χ2v) is 6.81. The number of aromatic nitrogens is 2. The lowest BCUT2D eigenvalue weighted by molar-refractivity contribution is -0.145. The highest BCUT2D eigenvalue weighted by atomic mass is 32.2. The van der Waals surface area contributed by atoms with Gasteiger partial charge in [0.25, 0.3) is 0 Å². The van der Waals surface area contributed by atoms with Crippen molar-refractivity contribution in [3.05, 3.63) is 18.2 Å². The Hall–Kier alpha value is -1.41. The minimum Gasteiger partial charge on any atom is -0.469 e. The summed E-state index contributed by atoms with van der Waals surface area (Å²) in [7, 11) is -2.22. The molecule has 8 heteroatoms. The van der Waals surface area contributed by atoms with E-state index in [4.69, 9.17) is 0 Å². The Bertz CT molecular complexity index is 541. The topological polar surface area (TPSA) is 101 Å². The van der Waals surface area contributed by atoms with Gasteiger partial charge in [0.1, 0.15) is 5.82 Å². The van der Waals surface area contributed by atoms with Crippen LogP contribution >= 0.6 is 0 Å². The second-order valence-electron chi connectivity index (χ2n) is 4.82. The minimum absolute atomic E-state index is 0.264. The number of hydrogen-bond donors (Lipinski definition) is 2. The van der Waals surface area contributed by atoms with Crippen LogP contribution in [-0.2, 0) is 26.0 Å². The number of sulfonamides is 1. The van der Waals surface area contributed by atoms with Gasteiger partial charge in [-0.25, -0.2) is 18.1 Å². The molecule has 1 aromatic heterocycles. The largest absolute Gasteiger partial charge is 0.469 e. The van der Waals surface area contributed by atoms with E-state index >= 15 is 0 Å². The number of carbonyl (C=O) groups excluding carboxylic acids is 1. The normalized spacial score (nSPS) is 22.9. The molecule has 0 saturated heterocycles. The predicted molar refractivity (Wildman–Crippen MR) is 72.4 cm³/mol. The van der Waals surface area contributed by atoms with Gasteiger partial charge in [0.05, 0.1) is 18.3 Å². The Morgan fingerprint density at radius 2 is 2.35 bits per heavy atom. The highest BCUT2D eigenvalue weighted by molar-refractivity contribution is 7.90. The zero-order valence-corrected chi connectivity index (χ0v) is 12.1. The maximum absolute atomic E-state index is 12.2. The summed E-state index contributed by atoms with van der Waals surface area (Å²) >= 11 is 0. The van der Waals surface area contributed by atoms with Crippen molar-refractivity contribution in [2.24, 2.45) is 5.92 Å². The molecule has 1 aliphatic carbocycles. The van der Waals surface area contributed by atoms with Crippen molar-refractivity contribution < 1.29 is 17.9 Å². The molecule has 0 aromatic carbocycles. The number of carbonyl (C=O) groups is 1. The zero-order valence-electron chi connectivity index (χ0n) is 11.3. The molecular weight excluding hydrogens is 282 g/mol. The van der Waals surface area contributed by atoms with Crippen LogP contribution in [-0.4, -0.2) is 43.3 Å². The molecule has 2 atom stereocenters. The zero-order chi connectivity index (χ0) is 14.6. The highest BCUT2D eigenvalue weighted by Crippen LogP contribution is 2.31. The highest BCUT2D eigenvalue weighted by Gasteiger charge is 2.41. The number of nitrogens with zero attached hydrogens (tertiary/aromatic N) is 1. The van der Waals surface area contributed by atoms with Gasteiger partial charge >= 0.3 is 5.97 Å². The number of aromatic amines is 1. The van der Waals surface area contributed by atoms with Crippen molar-refractivity contribution in [1.82, 2.24) is 14.7 Å². The number of esters is 1. The molecule has 0 aliphatic heterocycles. The van der Waals surface area contributed by atoms with Crippen molar-refractivity contribution in [3.8, 4) is 0 Å².